The Morgan fingerprint density at radius 3 is 0.442 bits per heavy atom. The molecule has 0 saturated heterocycles. The molecule has 0 N–H and O–H groups in total. The molecular formula is C110H160F5S5. The maximum atomic E-state index is 5.11. The van der Waals surface area contributed by atoms with Crippen LogP contribution in [0, 0.1) is 118 Å². The molecule has 665 valence electrons. The van der Waals surface area contributed by atoms with Crippen molar-refractivity contribution in [3.8, 4) is 59.2 Å². The summed E-state index contributed by atoms with van der Waals surface area (Å²) in [7, 11) is 0. The predicted octanol–water partition coefficient (Wildman–Crippen LogP) is 36.5. The van der Waals surface area contributed by atoms with Gasteiger partial charge in [0.15, 0.2) is 0 Å². The van der Waals surface area contributed by atoms with Crippen LogP contribution in [-0.4, -0.2) is 0 Å². The third-order valence-electron chi connectivity index (χ3n) is 25.4. The van der Waals surface area contributed by atoms with Crippen LogP contribution >= 0.6 is 63.1 Å². The number of rotatable bonds is 35. The minimum Gasteiger partial charge on any atom is -0.269 e. The highest BCUT2D eigenvalue weighted by Gasteiger charge is 2.24. The van der Waals surface area contributed by atoms with Crippen molar-refractivity contribution in [3.63, 3.8) is 0 Å². The van der Waals surface area contributed by atoms with Gasteiger partial charge in [-0.3, -0.25) is 23.5 Å². The standard InChI is InChI=1S/5C22H31S.5FH/c5*1-2-3-4-5-6-7-8-19-9-11-20(12-10-19)13-14-21-15-17-22(23)18-16-21;;;;;/h5*15-20H,2-12H2,1H3;5*1H/t5*19-,20-;;;;;. The van der Waals surface area contributed by atoms with E-state index in [9.17, 15) is 0 Å². The highest BCUT2D eigenvalue weighted by atomic mass is 32.1. The maximum Gasteiger partial charge on any atom is 0.0377 e. The lowest BCUT2D eigenvalue weighted by Gasteiger charge is -2.25. The van der Waals surface area contributed by atoms with Crippen LogP contribution in [0.1, 0.15) is 416 Å². The summed E-state index contributed by atoms with van der Waals surface area (Å²) in [5.41, 5.74) is 5.52. The molecule has 0 heterocycles. The Labute approximate surface area is 760 Å². The van der Waals surface area contributed by atoms with Crippen molar-refractivity contribution in [2.75, 3.05) is 0 Å². The summed E-state index contributed by atoms with van der Waals surface area (Å²) >= 11 is 25.5. The predicted molar refractivity (Wildman–Crippen MR) is 526 cm³/mol. The largest absolute Gasteiger partial charge is 0.269 e. The summed E-state index contributed by atoms with van der Waals surface area (Å²) in [5.74, 6) is 42.0. The molecule has 5 radical (unpaired) electrons. The summed E-state index contributed by atoms with van der Waals surface area (Å²) in [4.78, 5) is 4.47. The van der Waals surface area contributed by atoms with E-state index in [0.717, 1.165) is 81.9 Å². The molecule has 0 spiro atoms. The topological polar surface area (TPSA) is 0 Å². The Bertz CT molecular complexity index is 3000. The van der Waals surface area contributed by atoms with Gasteiger partial charge in [-0.2, -0.15) is 0 Å². The van der Waals surface area contributed by atoms with Gasteiger partial charge in [0.25, 0.3) is 0 Å². The first-order valence-corrected chi connectivity index (χ1v) is 49.9. The first-order chi connectivity index (χ1) is 56.4. The van der Waals surface area contributed by atoms with Crippen LogP contribution in [-0.2, 0) is 0 Å². The van der Waals surface area contributed by atoms with Gasteiger partial charge in [0, 0.05) is 81.9 Å². The number of benzene rings is 5. The molecule has 5 aliphatic carbocycles. The highest BCUT2D eigenvalue weighted by Crippen LogP contribution is 2.37. The molecular weight excluding hydrogens is 1580 g/mol. The Kier molecular flexibility index (Phi) is 69.4. The average Bonchev–Trinajstić information content (AvgIpc) is 0.908. The van der Waals surface area contributed by atoms with Crippen LogP contribution in [0.3, 0.4) is 0 Å². The minimum absolute atomic E-state index is 0. The number of hydrogen-bond acceptors (Lipinski definition) is 0. The van der Waals surface area contributed by atoms with E-state index in [1.807, 2.05) is 121 Å². The molecule has 10 rings (SSSR count). The highest BCUT2D eigenvalue weighted by molar-refractivity contribution is 7.81. The molecule has 0 unspecified atom stereocenters. The van der Waals surface area contributed by atoms with E-state index in [1.165, 1.54) is 353 Å². The number of halogens is 5. The molecule has 5 aromatic rings. The van der Waals surface area contributed by atoms with Gasteiger partial charge >= 0.3 is 0 Å². The van der Waals surface area contributed by atoms with Crippen molar-refractivity contribution in [2.24, 2.45) is 59.2 Å². The fraction of sp³-hybridized carbons (Fsp3) is 0.636. The van der Waals surface area contributed by atoms with E-state index in [-0.39, 0.29) is 23.5 Å². The van der Waals surface area contributed by atoms with Crippen LogP contribution < -0.4 is 0 Å². The zero-order chi connectivity index (χ0) is 81.7. The van der Waals surface area contributed by atoms with Gasteiger partial charge in [-0.15, -0.1) is 0 Å². The molecule has 0 atom stereocenters. The Morgan fingerprint density at radius 2 is 0.308 bits per heavy atom. The van der Waals surface area contributed by atoms with Gasteiger partial charge in [0.05, 0.1) is 0 Å². The quantitative estimate of drug-likeness (QED) is 0.0215. The lowest BCUT2D eigenvalue weighted by atomic mass is 9.80. The summed E-state index contributed by atoms with van der Waals surface area (Å²) in [6.07, 6.45) is 76.8. The molecule has 120 heavy (non-hydrogen) atoms. The second kappa shape index (κ2) is 74.0. The Morgan fingerprint density at radius 1 is 0.183 bits per heavy atom. The molecule has 5 saturated carbocycles. The molecule has 0 aromatic heterocycles. The lowest BCUT2D eigenvalue weighted by Crippen LogP contribution is -2.13. The van der Waals surface area contributed by atoms with Gasteiger partial charge in [-0.1, -0.05) is 382 Å². The first-order valence-electron chi connectivity index (χ1n) is 47.8. The van der Waals surface area contributed by atoms with Crippen molar-refractivity contribution in [1.82, 2.24) is 0 Å². The average molecular weight is 1740 g/mol. The SMILES string of the molecule is CCCCCCCC[C@H]1CC[C@H](C#Cc2ccc([S])cc2)CC1.CCCCCCCC[C@H]1CC[C@H](C#Cc2ccc([S])cc2)CC1.CCCCCCCC[C@H]1CC[C@H](C#Cc2ccc([S])cc2)CC1.CCCCCCCC[C@H]1CC[C@H](C#Cc2ccc([S])cc2)CC1.CCCCCCCC[C@H]1CC[C@H](C#Cc2ccc([S])cc2)CC1.F.F.F.F.F. The van der Waals surface area contributed by atoms with Crippen molar-refractivity contribution < 1.29 is 23.5 Å². The minimum atomic E-state index is 0. The van der Waals surface area contributed by atoms with Crippen molar-refractivity contribution in [3.05, 3.63) is 149 Å². The smallest absolute Gasteiger partial charge is 0.0377 e. The van der Waals surface area contributed by atoms with Gasteiger partial charge in [0.2, 0.25) is 0 Å². The molecule has 0 aliphatic heterocycles. The van der Waals surface area contributed by atoms with Crippen LogP contribution in [0.2, 0.25) is 0 Å². The molecule has 5 aliphatic rings. The molecule has 10 heteroatoms. The van der Waals surface area contributed by atoms with Crippen LogP contribution in [0.5, 0.6) is 0 Å². The zero-order valence-corrected chi connectivity index (χ0v) is 79.4. The Balaban J connectivity index is 0.000000742. The van der Waals surface area contributed by atoms with E-state index in [4.69, 9.17) is 63.1 Å². The van der Waals surface area contributed by atoms with Gasteiger partial charge in [0.1, 0.15) is 0 Å². The fourth-order valence-corrected chi connectivity index (χ4v) is 18.3. The van der Waals surface area contributed by atoms with E-state index in [2.05, 4.69) is 93.8 Å². The van der Waals surface area contributed by atoms with Gasteiger partial charge in [-0.25, -0.2) is 0 Å². The van der Waals surface area contributed by atoms with E-state index in [1.54, 1.807) is 0 Å². The normalized spacial score (nSPS) is 19.9. The third-order valence-corrected chi connectivity index (χ3v) is 26.8. The van der Waals surface area contributed by atoms with Crippen molar-refractivity contribution in [1.29, 1.82) is 0 Å². The van der Waals surface area contributed by atoms with Crippen molar-refractivity contribution >= 4 is 63.1 Å². The van der Waals surface area contributed by atoms with Crippen LogP contribution in [0.25, 0.3) is 0 Å². The second-order valence-corrected chi connectivity index (χ2v) is 37.7. The molecule has 0 bridgehead atoms. The summed E-state index contributed by atoms with van der Waals surface area (Å²) in [6, 6.07) is 40.1. The van der Waals surface area contributed by atoms with Gasteiger partial charge in [-0.05, 0) is 279 Å². The fourth-order valence-electron chi connectivity index (χ4n) is 17.7. The summed E-state index contributed by atoms with van der Waals surface area (Å²) < 4.78 is 0. The van der Waals surface area contributed by atoms with Crippen LogP contribution in [0.15, 0.2) is 146 Å². The molecule has 0 nitrogen and oxygen atoms in total. The molecule has 0 amide bonds. The molecule has 5 fully saturated rings. The monoisotopic (exact) mass is 1740 g/mol. The summed E-state index contributed by atoms with van der Waals surface area (Å²) in [5, 5.41) is 0. The third kappa shape index (κ3) is 55.1. The lowest BCUT2D eigenvalue weighted by molar-refractivity contribution is 0.293. The molecule has 5 aromatic carbocycles. The van der Waals surface area contributed by atoms with E-state index >= 15 is 0 Å². The number of hydrogen-bond donors (Lipinski definition) is 0. The van der Waals surface area contributed by atoms with Crippen molar-refractivity contribution in [2.45, 2.75) is 412 Å². The van der Waals surface area contributed by atoms with Gasteiger partial charge < -0.3 is 0 Å². The summed E-state index contributed by atoms with van der Waals surface area (Å²) in [6.45, 7) is 11.4. The second-order valence-electron chi connectivity index (χ2n) is 35.3. The number of unbranched alkanes of at least 4 members (excludes halogenated alkanes) is 25. The first kappa shape index (κ1) is 113. The van der Waals surface area contributed by atoms with E-state index in [0.29, 0.717) is 29.6 Å². The van der Waals surface area contributed by atoms with Crippen LogP contribution in [0.4, 0.5) is 23.5 Å². The maximum absolute atomic E-state index is 5.11. The van der Waals surface area contributed by atoms with E-state index < -0.39 is 0 Å². The Hall–Kier alpha value is -5.35. The zero-order valence-electron chi connectivity index (χ0n) is 75.3.